The standard InChI is InChI=1S/C15H15N3/c1-11-2-4-12(5-3-11)6-7-13-8-9-16-15-14(13)17-10-18-15/h2-5,8-10H,6-7H2,1H3,(H,16,17,18). The number of benzene rings is 1. The first-order valence-electron chi connectivity index (χ1n) is 6.15. The summed E-state index contributed by atoms with van der Waals surface area (Å²) < 4.78 is 0. The van der Waals surface area contributed by atoms with Crippen molar-refractivity contribution in [2.24, 2.45) is 0 Å². The molecule has 0 radical (unpaired) electrons. The van der Waals surface area contributed by atoms with Crippen molar-refractivity contribution in [3.8, 4) is 0 Å². The SMILES string of the molecule is Cc1ccc(CCc2ccnc3nc[nH]c23)cc1. The Labute approximate surface area is 106 Å². The smallest absolute Gasteiger partial charge is 0.177 e. The maximum Gasteiger partial charge on any atom is 0.177 e. The maximum atomic E-state index is 4.23. The quantitative estimate of drug-likeness (QED) is 0.760. The van der Waals surface area contributed by atoms with E-state index in [2.05, 4.69) is 52.2 Å². The van der Waals surface area contributed by atoms with Crippen LogP contribution in [-0.4, -0.2) is 15.0 Å². The van der Waals surface area contributed by atoms with Gasteiger partial charge >= 0.3 is 0 Å². The molecule has 0 saturated carbocycles. The van der Waals surface area contributed by atoms with Gasteiger partial charge in [-0.1, -0.05) is 29.8 Å². The van der Waals surface area contributed by atoms with E-state index in [1.165, 1.54) is 16.7 Å². The molecular weight excluding hydrogens is 222 g/mol. The van der Waals surface area contributed by atoms with Gasteiger partial charge in [-0.3, -0.25) is 0 Å². The summed E-state index contributed by atoms with van der Waals surface area (Å²) in [5.74, 6) is 0. The summed E-state index contributed by atoms with van der Waals surface area (Å²) in [4.78, 5) is 11.6. The molecule has 0 atom stereocenters. The van der Waals surface area contributed by atoms with E-state index in [-0.39, 0.29) is 0 Å². The zero-order chi connectivity index (χ0) is 12.4. The highest BCUT2D eigenvalue weighted by atomic mass is 14.9. The molecule has 0 unspecified atom stereocenters. The Balaban J connectivity index is 1.80. The lowest BCUT2D eigenvalue weighted by Gasteiger charge is -2.03. The van der Waals surface area contributed by atoms with Crippen LogP contribution in [0, 0.1) is 6.92 Å². The lowest BCUT2D eigenvalue weighted by molar-refractivity contribution is 0.962. The van der Waals surface area contributed by atoms with Crippen LogP contribution < -0.4 is 0 Å². The lowest BCUT2D eigenvalue weighted by atomic mass is 10.0. The van der Waals surface area contributed by atoms with Crippen LogP contribution in [-0.2, 0) is 12.8 Å². The number of pyridine rings is 1. The molecular formula is C15H15N3. The summed E-state index contributed by atoms with van der Waals surface area (Å²) in [6.45, 7) is 2.11. The number of aryl methyl sites for hydroxylation is 3. The lowest BCUT2D eigenvalue weighted by Crippen LogP contribution is -1.93. The third-order valence-corrected chi connectivity index (χ3v) is 3.22. The number of nitrogens with one attached hydrogen (secondary N) is 1. The van der Waals surface area contributed by atoms with Gasteiger partial charge in [0.05, 0.1) is 11.8 Å². The minimum atomic E-state index is 0.802. The van der Waals surface area contributed by atoms with Crippen LogP contribution in [0.1, 0.15) is 16.7 Å². The molecule has 18 heavy (non-hydrogen) atoms. The Morgan fingerprint density at radius 3 is 2.67 bits per heavy atom. The van der Waals surface area contributed by atoms with Gasteiger partial charge in [-0.25, -0.2) is 9.97 Å². The highest BCUT2D eigenvalue weighted by Crippen LogP contribution is 2.15. The monoisotopic (exact) mass is 237 g/mol. The Morgan fingerprint density at radius 1 is 1.00 bits per heavy atom. The highest BCUT2D eigenvalue weighted by Gasteiger charge is 2.04. The van der Waals surface area contributed by atoms with E-state index in [0.717, 1.165) is 24.0 Å². The molecule has 2 aromatic heterocycles. The average Bonchev–Trinajstić information content (AvgIpc) is 2.87. The number of hydrogen-bond acceptors (Lipinski definition) is 2. The molecule has 3 aromatic rings. The second-order valence-electron chi connectivity index (χ2n) is 4.56. The third-order valence-electron chi connectivity index (χ3n) is 3.22. The van der Waals surface area contributed by atoms with Gasteiger partial charge in [-0.2, -0.15) is 0 Å². The van der Waals surface area contributed by atoms with Gasteiger partial charge in [0.1, 0.15) is 0 Å². The summed E-state index contributed by atoms with van der Waals surface area (Å²) in [7, 11) is 0. The second-order valence-corrected chi connectivity index (χ2v) is 4.56. The Hall–Kier alpha value is -2.16. The molecule has 1 aromatic carbocycles. The first kappa shape index (κ1) is 11.0. The minimum absolute atomic E-state index is 0.802. The van der Waals surface area contributed by atoms with Crippen molar-refractivity contribution in [1.82, 2.24) is 15.0 Å². The molecule has 90 valence electrons. The number of hydrogen-bond donors (Lipinski definition) is 1. The summed E-state index contributed by atoms with van der Waals surface area (Å²) in [5.41, 5.74) is 5.81. The molecule has 0 spiro atoms. The first-order valence-corrected chi connectivity index (χ1v) is 6.15. The number of aromatic amines is 1. The van der Waals surface area contributed by atoms with Gasteiger partial charge in [-0.05, 0) is 37.0 Å². The third kappa shape index (κ3) is 2.12. The molecule has 0 aliphatic carbocycles. The van der Waals surface area contributed by atoms with Crippen LogP contribution in [0.25, 0.3) is 11.2 Å². The van der Waals surface area contributed by atoms with E-state index < -0.39 is 0 Å². The van der Waals surface area contributed by atoms with E-state index in [9.17, 15) is 0 Å². The molecule has 0 aliphatic heterocycles. The predicted octanol–water partition coefficient (Wildman–Crippen LogP) is 3.05. The molecule has 0 aliphatic rings. The maximum absolute atomic E-state index is 4.23. The van der Waals surface area contributed by atoms with Crippen LogP contribution in [0.4, 0.5) is 0 Å². The zero-order valence-electron chi connectivity index (χ0n) is 10.4. The highest BCUT2D eigenvalue weighted by molar-refractivity contribution is 5.73. The fraction of sp³-hybridized carbons (Fsp3) is 0.200. The molecule has 3 nitrogen and oxygen atoms in total. The molecule has 3 rings (SSSR count). The predicted molar refractivity (Wildman–Crippen MR) is 72.5 cm³/mol. The Morgan fingerprint density at radius 2 is 1.83 bits per heavy atom. The topological polar surface area (TPSA) is 41.6 Å². The number of fused-ring (bicyclic) bond motifs is 1. The van der Waals surface area contributed by atoms with Crippen LogP contribution in [0.15, 0.2) is 42.9 Å². The van der Waals surface area contributed by atoms with Crippen molar-refractivity contribution in [2.75, 3.05) is 0 Å². The van der Waals surface area contributed by atoms with Crippen molar-refractivity contribution in [3.05, 3.63) is 59.5 Å². The van der Waals surface area contributed by atoms with Crippen molar-refractivity contribution >= 4 is 11.2 Å². The van der Waals surface area contributed by atoms with Crippen LogP contribution >= 0.6 is 0 Å². The van der Waals surface area contributed by atoms with E-state index in [0.29, 0.717) is 0 Å². The second kappa shape index (κ2) is 4.61. The molecule has 3 heteroatoms. The average molecular weight is 237 g/mol. The van der Waals surface area contributed by atoms with Gasteiger partial charge in [0, 0.05) is 6.20 Å². The minimum Gasteiger partial charge on any atom is -0.343 e. The van der Waals surface area contributed by atoms with Crippen molar-refractivity contribution in [1.29, 1.82) is 0 Å². The van der Waals surface area contributed by atoms with Crippen molar-refractivity contribution in [2.45, 2.75) is 19.8 Å². The van der Waals surface area contributed by atoms with E-state index in [4.69, 9.17) is 0 Å². The largest absolute Gasteiger partial charge is 0.343 e. The Kier molecular flexibility index (Phi) is 2.81. The molecule has 0 fully saturated rings. The number of aromatic nitrogens is 3. The first-order chi connectivity index (χ1) is 8.83. The number of H-pyrrole nitrogens is 1. The molecule has 0 amide bonds. The van der Waals surface area contributed by atoms with Crippen LogP contribution in [0.2, 0.25) is 0 Å². The van der Waals surface area contributed by atoms with E-state index in [1.54, 1.807) is 6.33 Å². The summed E-state index contributed by atoms with van der Waals surface area (Å²) in [6, 6.07) is 10.8. The van der Waals surface area contributed by atoms with E-state index in [1.807, 2.05) is 6.20 Å². The number of nitrogens with zero attached hydrogens (tertiary/aromatic N) is 2. The normalized spacial score (nSPS) is 10.9. The van der Waals surface area contributed by atoms with Crippen LogP contribution in [0.3, 0.4) is 0 Å². The molecule has 1 N–H and O–H groups in total. The van der Waals surface area contributed by atoms with E-state index >= 15 is 0 Å². The van der Waals surface area contributed by atoms with Gasteiger partial charge in [0.2, 0.25) is 0 Å². The summed E-state index contributed by atoms with van der Waals surface area (Å²) >= 11 is 0. The molecule has 0 bridgehead atoms. The summed E-state index contributed by atoms with van der Waals surface area (Å²) in [5, 5.41) is 0. The fourth-order valence-electron chi connectivity index (χ4n) is 2.14. The zero-order valence-corrected chi connectivity index (χ0v) is 10.4. The summed E-state index contributed by atoms with van der Waals surface area (Å²) in [6.07, 6.45) is 5.57. The van der Waals surface area contributed by atoms with Gasteiger partial charge in [-0.15, -0.1) is 0 Å². The van der Waals surface area contributed by atoms with Crippen molar-refractivity contribution < 1.29 is 0 Å². The Bertz CT molecular complexity index is 653. The van der Waals surface area contributed by atoms with Crippen molar-refractivity contribution in [3.63, 3.8) is 0 Å². The van der Waals surface area contributed by atoms with Gasteiger partial charge < -0.3 is 4.98 Å². The molecule has 2 heterocycles. The van der Waals surface area contributed by atoms with Crippen LogP contribution in [0.5, 0.6) is 0 Å². The van der Waals surface area contributed by atoms with Gasteiger partial charge in [0.15, 0.2) is 5.65 Å². The fourth-order valence-corrected chi connectivity index (χ4v) is 2.14. The molecule has 0 saturated heterocycles. The van der Waals surface area contributed by atoms with Gasteiger partial charge in [0.25, 0.3) is 0 Å². The number of rotatable bonds is 3. The number of imidazole rings is 1.